The van der Waals surface area contributed by atoms with E-state index in [2.05, 4.69) is 18.9 Å². The molecule has 0 aromatic rings. The van der Waals surface area contributed by atoms with Crippen molar-refractivity contribution in [1.82, 2.24) is 4.90 Å². The van der Waals surface area contributed by atoms with Crippen molar-refractivity contribution in [2.45, 2.75) is 57.2 Å². The zero-order chi connectivity index (χ0) is 9.85. The highest BCUT2D eigenvalue weighted by atomic mass is 16.3. The van der Waals surface area contributed by atoms with Crippen LogP contribution in [0, 0.1) is 5.92 Å². The minimum atomic E-state index is -0.549. The molecule has 0 aromatic carbocycles. The van der Waals surface area contributed by atoms with Gasteiger partial charge in [-0.05, 0) is 46.1 Å². The Morgan fingerprint density at radius 3 is 2.38 bits per heavy atom. The molecule has 3 fully saturated rings. The second-order valence-electron chi connectivity index (χ2n) is 5.60. The summed E-state index contributed by atoms with van der Waals surface area (Å²) in [4.78, 5) is 2.40. The predicted octanol–water partition coefficient (Wildman–Crippen LogP) is 1.63. The van der Waals surface area contributed by atoms with Gasteiger partial charge in [-0.25, -0.2) is 0 Å². The van der Waals surface area contributed by atoms with Gasteiger partial charge in [0.05, 0.1) is 11.1 Å². The molecule has 0 radical (unpaired) electrons. The molecule has 2 nitrogen and oxygen atoms in total. The highest BCUT2D eigenvalue weighted by Gasteiger charge is 2.60. The van der Waals surface area contributed by atoms with Gasteiger partial charge >= 0.3 is 0 Å². The Balaban J connectivity index is 2.23. The smallest absolute Gasteiger partial charge is 0.0775 e. The van der Waals surface area contributed by atoms with Crippen LogP contribution in [0.4, 0.5) is 0 Å². The summed E-state index contributed by atoms with van der Waals surface area (Å²) in [6.45, 7) is 6.22. The highest BCUT2D eigenvalue weighted by molar-refractivity contribution is 5.16. The van der Waals surface area contributed by atoms with Crippen molar-refractivity contribution in [1.29, 1.82) is 0 Å². The van der Waals surface area contributed by atoms with Crippen molar-refractivity contribution in [3.63, 3.8) is 0 Å². The van der Waals surface area contributed by atoms with E-state index in [1.165, 1.54) is 12.8 Å². The van der Waals surface area contributed by atoms with Crippen LogP contribution in [-0.2, 0) is 0 Å². The number of likely N-dealkylation sites (N-methyl/N-ethyl adjacent to an activating group) is 1. The van der Waals surface area contributed by atoms with Gasteiger partial charge in [0.1, 0.15) is 0 Å². The Hall–Kier alpha value is -0.0800. The summed E-state index contributed by atoms with van der Waals surface area (Å²) in [5, 5.41) is 10.2. The molecule has 2 heteroatoms. The second kappa shape index (κ2) is 2.48. The van der Waals surface area contributed by atoms with Gasteiger partial charge in [-0.2, -0.15) is 0 Å². The Labute approximate surface area is 80.9 Å². The Morgan fingerprint density at radius 1 is 1.38 bits per heavy atom. The van der Waals surface area contributed by atoms with Crippen LogP contribution in [-0.4, -0.2) is 34.2 Å². The van der Waals surface area contributed by atoms with Crippen molar-refractivity contribution in [2.24, 2.45) is 5.92 Å². The molecular weight excluding hydrogens is 162 g/mol. The maximum Gasteiger partial charge on any atom is 0.0775 e. The fraction of sp³-hybridized carbons (Fsp3) is 1.00. The predicted molar refractivity (Wildman–Crippen MR) is 53.6 cm³/mol. The van der Waals surface area contributed by atoms with Crippen molar-refractivity contribution in [3.05, 3.63) is 0 Å². The molecule has 3 unspecified atom stereocenters. The lowest BCUT2D eigenvalue weighted by atomic mass is 9.58. The van der Waals surface area contributed by atoms with E-state index in [0.29, 0.717) is 0 Å². The first-order valence-electron chi connectivity index (χ1n) is 5.32. The van der Waals surface area contributed by atoms with Gasteiger partial charge in [-0.15, -0.1) is 0 Å². The first-order valence-corrected chi connectivity index (χ1v) is 5.32. The third-order valence-corrected chi connectivity index (χ3v) is 4.30. The molecule has 3 aliphatic rings. The van der Waals surface area contributed by atoms with Crippen molar-refractivity contribution in [3.8, 4) is 0 Å². The molecule has 2 heterocycles. The normalized spacial score (nSPS) is 45.9. The fourth-order valence-corrected chi connectivity index (χ4v) is 3.43. The third-order valence-electron chi connectivity index (χ3n) is 4.30. The van der Waals surface area contributed by atoms with Crippen LogP contribution in [0.2, 0.25) is 0 Å². The van der Waals surface area contributed by atoms with Gasteiger partial charge in [0, 0.05) is 6.04 Å². The largest absolute Gasteiger partial charge is 0.389 e. The average molecular weight is 183 g/mol. The molecule has 2 saturated heterocycles. The highest BCUT2D eigenvalue weighted by Crippen LogP contribution is 2.53. The van der Waals surface area contributed by atoms with E-state index in [1.807, 2.05) is 13.8 Å². The Bertz CT molecular complexity index is 221. The summed E-state index contributed by atoms with van der Waals surface area (Å²) in [5.41, 5.74) is -0.470. The topological polar surface area (TPSA) is 23.5 Å². The monoisotopic (exact) mass is 183 g/mol. The van der Waals surface area contributed by atoms with E-state index in [4.69, 9.17) is 0 Å². The van der Waals surface area contributed by atoms with Crippen LogP contribution in [0.15, 0.2) is 0 Å². The molecule has 3 rings (SSSR count). The van der Waals surface area contributed by atoms with E-state index in [9.17, 15) is 5.11 Å². The number of nitrogens with zero attached hydrogens (tertiary/aromatic N) is 1. The third kappa shape index (κ3) is 1.08. The molecule has 2 bridgehead atoms. The zero-order valence-corrected chi connectivity index (χ0v) is 9.17. The minimum Gasteiger partial charge on any atom is -0.389 e. The van der Waals surface area contributed by atoms with Crippen molar-refractivity contribution in [2.75, 3.05) is 7.05 Å². The quantitative estimate of drug-likeness (QED) is 0.668. The number of rotatable bonds is 1. The molecule has 1 aliphatic carbocycles. The molecule has 76 valence electrons. The lowest BCUT2D eigenvalue weighted by molar-refractivity contribution is -0.206. The number of hydrogen-bond donors (Lipinski definition) is 1. The van der Waals surface area contributed by atoms with Gasteiger partial charge < -0.3 is 5.11 Å². The van der Waals surface area contributed by atoms with E-state index >= 15 is 0 Å². The van der Waals surface area contributed by atoms with Crippen LogP contribution in [0.3, 0.4) is 0 Å². The molecule has 13 heavy (non-hydrogen) atoms. The van der Waals surface area contributed by atoms with E-state index in [1.54, 1.807) is 0 Å². The van der Waals surface area contributed by atoms with E-state index in [0.717, 1.165) is 18.4 Å². The maximum absolute atomic E-state index is 10.2. The Kier molecular flexibility index (Phi) is 1.81. The van der Waals surface area contributed by atoms with Gasteiger partial charge in [-0.3, -0.25) is 4.90 Å². The molecular formula is C11H21NO. The summed E-state index contributed by atoms with van der Waals surface area (Å²) < 4.78 is 0. The minimum absolute atomic E-state index is 0.0787. The first kappa shape index (κ1) is 9.47. The van der Waals surface area contributed by atoms with Crippen LogP contribution in [0.25, 0.3) is 0 Å². The van der Waals surface area contributed by atoms with Gasteiger partial charge in [0.2, 0.25) is 0 Å². The van der Waals surface area contributed by atoms with E-state index < -0.39 is 5.60 Å². The molecule has 0 amide bonds. The van der Waals surface area contributed by atoms with E-state index in [-0.39, 0.29) is 5.54 Å². The van der Waals surface area contributed by atoms with Crippen LogP contribution in [0.1, 0.15) is 40.0 Å². The summed E-state index contributed by atoms with van der Waals surface area (Å²) in [6, 6.07) is 0.732. The molecule has 2 aliphatic heterocycles. The molecule has 3 atom stereocenters. The van der Waals surface area contributed by atoms with Crippen LogP contribution in [0.5, 0.6) is 0 Å². The summed E-state index contributed by atoms with van der Waals surface area (Å²) in [6.07, 6.45) is 3.66. The average Bonchev–Trinajstić information content (AvgIpc) is 2.00. The van der Waals surface area contributed by atoms with Gasteiger partial charge in [-0.1, -0.05) is 6.92 Å². The summed E-state index contributed by atoms with van der Waals surface area (Å²) >= 11 is 0. The van der Waals surface area contributed by atoms with Gasteiger partial charge in [0.15, 0.2) is 0 Å². The second-order valence-corrected chi connectivity index (χ2v) is 5.60. The maximum atomic E-state index is 10.2. The number of aliphatic hydroxyl groups is 1. The molecule has 0 aromatic heterocycles. The number of hydrogen-bond acceptors (Lipinski definition) is 2. The molecule has 1 N–H and O–H groups in total. The standard InChI is InChI=1S/C11H21NO/c1-8-5-9-7-11(6-8,12(9)4)10(2,3)13/h8-9,13H,5-7H2,1-4H3. The SMILES string of the molecule is CC1CC2CC(C(C)(C)O)(C1)N2C. The number of piperidine rings is 1. The zero-order valence-electron chi connectivity index (χ0n) is 9.17. The first-order chi connectivity index (χ1) is 5.87. The van der Waals surface area contributed by atoms with Gasteiger partial charge in [0.25, 0.3) is 0 Å². The van der Waals surface area contributed by atoms with Crippen LogP contribution >= 0.6 is 0 Å². The Morgan fingerprint density at radius 2 is 2.00 bits per heavy atom. The van der Waals surface area contributed by atoms with Crippen LogP contribution < -0.4 is 0 Å². The molecule has 0 spiro atoms. The fourth-order valence-electron chi connectivity index (χ4n) is 3.43. The lowest BCUT2D eigenvalue weighted by Crippen LogP contribution is -2.76. The summed E-state index contributed by atoms with van der Waals surface area (Å²) in [7, 11) is 2.16. The van der Waals surface area contributed by atoms with Crippen molar-refractivity contribution < 1.29 is 5.11 Å². The lowest BCUT2D eigenvalue weighted by Gasteiger charge is -2.67. The molecule has 1 saturated carbocycles. The number of fused-ring (bicyclic) bond motifs is 2. The van der Waals surface area contributed by atoms with Crippen molar-refractivity contribution >= 4 is 0 Å². The summed E-state index contributed by atoms with van der Waals surface area (Å²) in [5.74, 6) is 0.779.